The smallest absolute Gasteiger partial charge is 0.0994 e. The molecule has 0 bridgehead atoms. The van der Waals surface area contributed by atoms with Crippen LogP contribution in [0.1, 0.15) is 37.0 Å². The van der Waals surface area contributed by atoms with Crippen LogP contribution in [0.15, 0.2) is 18.2 Å². The van der Waals surface area contributed by atoms with Gasteiger partial charge in [-0.15, -0.1) is 0 Å². The van der Waals surface area contributed by atoms with E-state index in [0.29, 0.717) is 0 Å². The molecule has 0 saturated carbocycles. The highest BCUT2D eigenvalue weighted by molar-refractivity contribution is 5.42. The maximum Gasteiger partial charge on any atom is 0.0994 e. The van der Waals surface area contributed by atoms with E-state index in [1.165, 1.54) is 5.56 Å². The number of hydrogen-bond donors (Lipinski definition) is 1. The van der Waals surface area contributed by atoms with Crippen LogP contribution in [0.5, 0.6) is 0 Å². The second-order valence-electron chi connectivity index (χ2n) is 3.80. The Kier molecular flexibility index (Phi) is 4.33. The van der Waals surface area contributed by atoms with Crippen molar-refractivity contribution < 1.29 is 5.11 Å². The summed E-state index contributed by atoms with van der Waals surface area (Å²) in [6, 6.07) is 8.02. The van der Waals surface area contributed by atoms with E-state index in [1.807, 2.05) is 18.2 Å². The van der Waals surface area contributed by atoms with Gasteiger partial charge in [-0.1, -0.05) is 19.1 Å². The summed E-state index contributed by atoms with van der Waals surface area (Å²) in [5.74, 6) is 0. The van der Waals surface area contributed by atoms with Crippen molar-refractivity contribution in [2.45, 2.75) is 39.2 Å². The minimum Gasteiger partial charge on any atom is -0.393 e. The fourth-order valence-corrected chi connectivity index (χ4v) is 1.76. The zero-order valence-electron chi connectivity index (χ0n) is 9.33. The Morgan fingerprint density at radius 1 is 1.47 bits per heavy atom. The number of rotatable bonds is 4. The zero-order chi connectivity index (χ0) is 11.3. The fourth-order valence-electron chi connectivity index (χ4n) is 1.76. The molecule has 2 nitrogen and oxygen atoms in total. The van der Waals surface area contributed by atoms with Crippen molar-refractivity contribution >= 4 is 0 Å². The second kappa shape index (κ2) is 5.53. The molecular weight excluding hydrogens is 186 g/mol. The summed E-state index contributed by atoms with van der Waals surface area (Å²) in [5.41, 5.74) is 3.08. The van der Waals surface area contributed by atoms with Gasteiger partial charge in [0.2, 0.25) is 0 Å². The monoisotopic (exact) mass is 203 g/mol. The van der Waals surface area contributed by atoms with Crippen molar-refractivity contribution in [2.24, 2.45) is 0 Å². The Morgan fingerprint density at radius 3 is 2.73 bits per heavy atom. The second-order valence-corrected chi connectivity index (χ2v) is 3.80. The van der Waals surface area contributed by atoms with Crippen LogP contribution in [0.3, 0.4) is 0 Å². The van der Waals surface area contributed by atoms with Crippen LogP contribution in [0.4, 0.5) is 0 Å². The molecule has 15 heavy (non-hydrogen) atoms. The van der Waals surface area contributed by atoms with Crippen molar-refractivity contribution in [2.75, 3.05) is 0 Å². The molecule has 0 saturated heterocycles. The van der Waals surface area contributed by atoms with Gasteiger partial charge in [-0.05, 0) is 43.4 Å². The number of aliphatic hydroxyl groups excluding tert-OH is 1. The Morgan fingerprint density at radius 2 is 2.20 bits per heavy atom. The molecule has 0 spiro atoms. The summed E-state index contributed by atoms with van der Waals surface area (Å²) in [6.45, 7) is 3.85. The van der Waals surface area contributed by atoms with Gasteiger partial charge < -0.3 is 5.11 Å². The van der Waals surface area contributed by atoms with Crippen LogP contribution in [0.25, 0.3) is 0 Å². The number of nitriles is 1. The number of hydrogen-bond acceptors (Lipinski definition) is 2. The van der Waals surface area contributed by atoms with Gasteiger partial charge in [0.05, 0.1) is 17.7 Å². The predicted octanol–water partition coefficient (Wildman–Crippen LogP) is 2.43. The average molecular weight is 203 g/mol. The molecule has 0 aliphatic rings. The molecule has 1 unspecified atom stereocenters. The normalized spacial score (nSPS) is 12.1. The van der Waals surface area contributed by atoms with E-state index in [1.54, 1.807) is 6.92 Å². The first-order valence-corrected chi connectivity index (χ1v) is 5.38. The lowest BCUT2D eigenvalue weighted by Crippen LogP contribution is -2.04. The predicted molar refractivity (Wildman–Crippen MR) is 60.5 cm³/mol. The summed E-state index contributed by atoms with van der Waals surface area (Å²) in [7, 11) is 0. The minimum atomic E-state index is -0.277. The van der Waals surface area contributed by atoms with Crippen LogP contribution in [0, 0.1) is 11.3 Å². The van der Waals surface area contributed by atoms with Gasteiger partial charge in [-0.2, -0.15) is 5.26 Å². The molecule has 1 N–H and O–H groups in total. The number of aryl methyl sites for hydroxylation is 1. The van der Waals surface area contributed by atoms with E-state index in [2.05, 4.69) is 13.0 Å². The van der Waals surface area contributed by atoms with Gasteiger partial charge in [-0.3, -0.25) is 0 Å². The van der Waals surface area contributed by atoms with Gasteiger partial charge in [0.25, 0.3) is 0 Å². The van der Waals surface area contributed by atoms with Gasteiger partial charge in [0, 0.05) is 0 Å². The molecule has 1 aromatic rings. The number of nitrogens with zero attached hydrogens (tertiary/aromatic N) is 1. The molecule has 1 aromatic carbocycles. The van der Waals surface area contributed by atoms with Crippen molar-refractivity contribution in [3.8, 4) is 6.07 Å². The highest BCUT2D eigenvalue weighted by Crippen LogP contribution is 2.17. The van der Waals surface area contributed by atoms with E-state index < -0.39 is 0 Å². The fraction of sp³-hybridized carbons (Fsp3) is 0.462. The minimum absolute atomic E-state index is 0.277. The van der Waals surface area contributed by atoms with E-state index in [4.69, 9.17) is 5.26 Å². The van der Waals surface area contributed by atoms with Crippen LogP contribution in [-0.4, -0.2) is 11.2 Å². The quantitative estimate of drug-likeness (QED) is 0.816. The van der Waals surface area contributed by atoms with E-state index in [-0.39, 0.29) is 6.10 Å². The van der Waals surface area contributed by atoms with Crippen molar-refractivity contribution in [1.82, 2.24) is 0 Å². The van der Waals surface area contributed by atoms with E-state index in [0.717, 1.165) is 30.4 Å². The molecule has 0 amide bonds. The van der Waals surface area contributed by atoms with Crippen LogP contribution in [-0.2, 0) is 12.8 Å². The Bertz CT molecular complexity index is 363. The molecule has 1 atom stereocenters. The molecule has 0 heterocycles. The first-order valence-electron chi connectivity index (χ1n) is 5.38. The summed E-state index contributed by atoms with van der Waals surface area (Å²) >= 11 is 0. The summed E-state index contributed by atoms with van der Waals surface area (Å²) < 4.78 is 0. The van der Waals surface area contributed by atoms with Gasteiger partial charge in [0.1, 0.15) is 0 Å². The lowest BCUT2D eigenvalue weighted by Gasteiger charge is -2.10. The van der Waals surface area contributed by atoms with E-state index in [9.17, 15) is 5.11 Å². The maximum absolute atomic E-state index is 9.24. The summed E-state index contributed by atoms with van der Waals surface area (Å²) in [5, 5.41) is 18.2. The Labute approximate surface area is 91.2 Å². The molecule has 0 radical (unpaired) electrons. The summed E-state index contributed by atoms with van der Waals surface area (Å²) in [4.78, 5) is 0. The van der Waals surface area contributed by atoms with Crippen molar-refractivity contribution in [3.63, 3.8) is 0 Å². The number of benzene rings is 1. The highest BCUT2D eigenvalue weighted by atomic mass is 16.3. The van der Waals surface area contributed by atoms with E-state index >= 15 is 0 Å². The standard InChI is InChI=1S/C13H17NO/c1-3-13-11(8-7-10(2)15)5-4-6-12(13)9-14/h4-6,10,15H,3,7-8H2,1-2H3. The zero-order valence-corrected chi connectivity index (χ0v) is 9.33. The molecule has 0 fully saturated rings. The van der Waals surface area contributed by atoms with Gasteiger partial charge in [0.15, 0.2) is 0 Å². The third kappa shape index (κ3) is 3.07. The van der Waals surface area contributed by atoms with Crippen molar-refractivity contribution in [1.29, 1.82) is 5.26 Å². The molecular formula is C13H17NO. The molecule has 1 rings (SSSR count). The third-order valence-corrected chi connectivity index (χ3v) is 2.58. The number of aliphatic hydroxyl groups is 1. The first kappa shape index (κ1) is 11.7. The van der Waals surface area contributed by atoms with Gasteiger partial charge >= 0.3 is 0 Å². The van der Waals surface area contributed by atoms with Gasteiger partial charge in [-0.25, -0.2) is 0 Å². The van der Waals surface area contributed by atoms with Crippen LogP contribution in [0.2, 0.25) is 0 Å². The van der Waals surface area contributed by atoms with Crippen LogP contribution < -0.4 is 0 Å². The van der Waals surface area contributed by atoms with Crippen LogP contribution >= 0.6 is 0 Å². The largest absolute Gasteiger partial charge is 0.393 e. The Hall–Kier alpha value is -1.33. The maximum atomic E-state index is 9.24. The SMILES string of the molecule is CCc1c(C#N)cccc1CCC(C)O. The van der Waals surface area contributed by atoms with Crippen molar-refractivity contribution in [3.05, 3.63) is 34.9 Å². The lowest BCUT2D eigenvalue weighted by atomic mass is 9.95. The molecule has 2 heteroatoms. The third-order valence-electron chi connectivity index (χ3n) is 2.58. The summed E-state index contributed by atoms with van der Waals surface area (Å²) in [6.07, 6.45) is 2.19. The molecule has 0 aliphatic carbocycles. The lowest BCUT2D eigenvalue weighted by molar-refractivity contribution is 0.185. The first-order chi connectivity index (χ1) is 7.19. The Balaban J connectivity index is 2.92. The average Bonchev–Trinajstić information content (AvgIpc) is 2.25. The molecule has 80 valence electrons. The molecule has 0 aromatic heterocycles. The highest BCUT2D eigenvalue weighted by Gasteiger charge is 2.06. The topological polar surface area (TPSA) is 44.0 Å². The molecule has 0 aliphatic heterocycles.